The van der Waals surface area contributed by atoms with Crippen LogP contribution in [0.1, 0.15) is 18.4 Å². The number of hydrogen-bond acceptors (Lipinski definition) is 7. The fraction of sp³-hybridized carbons (Fsp3) is 0.400. The van der Waals surface area contributed by atoms with Crippen molar-refractivity contribution in [3.8, 4) is 0 Å². The number of benzene rings is 1. The average Bonchev–Trinajstić information content (AvgIpc) is 3.25. The van der Waals surface area contributed by atoms with Crippen LogP contribution >= 0.6 is 11.6 Å². The Morgan fingerprint density at radius 2 is 2.03 bits per heavy atom. The molecule has 2 aliphatic carbocycles. The van der Waals surface area contributed by atoms with E-state index in [-0.39, 0.29) is 34.9 Å². The predicted octanol–water partition coefficient (Wildman–Crippen LogP) is 2.07. The van der Waals surface area contributed by atoms with Crippen LogP contribution in [-0.4, -0.2) is 34.0 Å². The lowest BCUT2D eigenvalue weighted by molar-refractivity contribution is -0.151. The number of fused-ring (bicyclic) bond motifs is 2. The summed E-state index contributed by atoms with van der Waals surface area (Å²) < 4.78 is 33.6. The number of primary amides is 1. The van der Waals surface area contributed by atoms with Gasteiger partial charge in [0.1, 0.15) is 11.9 Å². The molecule has 2 fully saturated rings. The molecule has 0 unspecified atom stereocenters. The van der Waals surface area contributed by atoms with E-state index < -0.39 is 41.6 Å². The molecule has 2 bridgehead atoms. The number of amides is 1. The van der Waals surface area contributed by atoms with Crippen molar-refractivity contribution in [1.82, 2.24) is 9.97 Å². The highest BCUT2D eigenvalue weighted by atomic mass is 35.5. The number of carbonyl (C=O) groups excluding carboxylic acids is 2. The third-order valence-corrected chi connectivity index (χ3v) is 6.16. The van der Waals surface area contributed by atoms with E-state index in [9.17, 15) is 18.4 Å². The number of halogens is 3. The minimum absolute atomic E-state index is 0.135. The van der Waals surface area contributed by atoms with Gasteiger partial charge in [-0.05, 0) is 48.6 Å². The summed E-state index contributed by atoms with van der Waals surface area (Å²) in [5.41, 5.74) is 11.7. The predicted molar refractivity (Wildman–Crippen MR) is 108 cm³/mol. The zero-order valence-corrected chi connectivity index (χ0v) is 17.0. The van der Waals surface area contributed by atoms with Gasteiger partial charge in [-0.3, -0.25) is 9.59 Å². The van der Waals surface area contributed by atoms with Crippen LogP contribution in [0.3, 0.4) is 0 Å². The highest BCUT2D eigenvalue weighted by Crippen LogP contribution is 2.50. The molecule has 4 rings (SSSR count). The summed E-state index contributed by atoms with van der Waals surface area (Å²) in [4.78, 5) is 31.9. The fourth-order valence-electron chi connectivity index (χ4n) is 4.74. The van der Waals surface area contributed by atoms with E-state index in [0.29, 0.717) is 18.5 Å². The Kier molecular flexibility index (Phi) is 5.65. The molecule has 1 aromatic carbocycles. The van der Waals surface area contributed by atoms with E-state index in [4.69, 9.17) is 27.8 Å². The molecule has 2 saturated carbocycles. The Labute approximate surface area is 181 Å². The molecule has 5 atom stereocenters. The second-order valence-electron chi connectivity index (χ2n) is 7.89. The largest absolute Gasteiger partial charge is 0.462 e. The van der Waals surface area contributed by atoms with Crippen molar-refractivity contribution in [3.05, 3.63) is 46.9 Å². The minimum Gasteiger partial charge on any atom is -0.462 e. The van der Waals surface area contributed by atoms with Crippen molar-refractivity contribution in [2.24, 2.45) is 23.5 Å². The van der Waals surface area contributed by atoms with E-state index in [1.54, 1.807) is 0 Å². The fourth-order valence-corrected chi connectivity index (χ4v) is 4.88. The van der Waals surface area contributed by atoms with Crippen molar-refractivity contribution in [2.45, 2.75) is 31.4 Å². The molecule has 1 amide bonds. The number of aromatic nitrogens is 2. The highest BCUT2D eigenvalue weighted by molar-refractivity contribution is 6.28. The lowest BCUT2D eigenvalue weighted by Gasteiger charge is -2.34. The molecule has 5 N–H and O–H groups in total. The maximum atomic E-state index is 14.1. The number of nitrogens with one attached hydrogen (secondary N) is 1. The third kappa shape index (κ3) is 4.25. The van der Waals surface area contributed by atoms with E-state index in [1.807, 2.05) is 0 Å². The number of rotatable bonds is 6. The topological polar surface area (TPSA) is 133 Å². The SMILES string of the molecule is NC(=O)[C@H]1[C@H]2C[C@@H]([C@H]1Nc1nc(Cl)ncc1F)[C@H](OC(=O)Cc1cc(N)ccc1F)C2. The summed E-state index contributed by atoms with van der Waals surface area (Å²) in [6, 6.07) is 3.37. The molecule has 1 heterocycles. The zero-order valence-electron chi connectivity index (χ0n) is 16.2. The monoisotopic (exact) mass is 451 g/mol. The maximum absolute atomic E-state index is 14.1. The summed E-state index contributed by atoms with van der Waals surface area (Å²) >= 11 is 5.75. The molecule has 2 aliphatic rings. The molecule has 164 valence electrons. The number of nitrogens with zero attached hydrogens (tertiary/aromatic N) is 2. The van der Waals surface area contributed by atoms with Gasteiger partial charge in [-0.15, -0.1) is 0 Å². The molecule has 31 heavy (non-hydrogen) atoms. The molecule has 1 aromatic heterocycles. The molecule has 0 saturated heterocycles. The zero-order chi connectivity index (χ0) is 22.3. The normalized spacial score (nSPS) is 26.6. The summed E-state index contributed by atoms with van der Waals surface area (Å²) in [7, 11) is 0. The number of esters is 1. The summed E-state index contributed by atoms with van der Waals surface area (Å²) in [5.74, 6) is -3.61. The third-order valence-electron chi connectivity index (χ3n) is 5.98. The van der Waals surface area contributed by atoms with Gasteiger partial charge >= 0.3 is 5.97 Å². The van der Waals surface area contributed by atoms with E-state index in [0.717, 1.165) is 6.20 Å². The van der Waals surface area contributed by atoms with Crippen LogP contribution in [0.25, 0.3) is 0 Å². The van der Waals surface area contributed by atoms with Crippen molar-refractivity contribution < 1.29 is 23.1 Å². The van der Waals surface area contributed by atoms with Crippen LogP contribution in [0.5, 0.6) is 0 Å². The standard InChI is InChI=1S/C20H20ClF2N5O3/c21-20-26-7-13(23)19(28-20)27-17-11-4-9(16(17)18(25)30)5-14(11)31-15(29)6-8-3-10(24)1-2-12(8)22/h1-3,7,9,11,14,16-17H,4-6,24H2,(H2,25,30)(H,26,27,28)/t9-,11+,14+,16-,17+/m0/s1. The molecular formula is C20H20ClF2N5O3. The number of nitrogens with two attached hydrogens (primary N) is 2. The van der Waals surface area contributed by atoms with Gasteiger partial charge in [0.25, 0.3) is 0 Å². The Morgan fingerprint density at radius 1 is 1.26 bits per heavy atom. The van der Waals surface area contributed by atoms with Gasteiger partial charge in [0.15, 0.2) is 11.6 Å². The Hall–Kier alpha value is -3.01. The molecule has 0 spiro atoms. The van der Waals surface area contributed by atoms with Gasteiger partial charge in [0.05, 0.1) is 18.5 Å². The Bertz CT molecular complexity index is 1040. The van der Waals surface area contributed by atoms with Crippen LogP contribution in [0.15, 0.2) is 24.4 Å². The molecular weight excluding hydrogens is 432 g/mol. The number of nitrogen functional groups attached to an aromatic ring is 1. The number of hydrogen-bond donors (Lipinski definition) is 3. The van der Waals surface area contributed by atoms with Gasteiger partial charge < -0.3 is 21.5 Å². The number of carbonyl (C=O) groups is 2. The molecule has 0 radical (unpaired) electrons. The first-order valence-electron chi connectivity index (χ1n) is 9.70. The molecule has 11 heteroatoms. The second kappa shape index (κ2) is 8.26. The van der Waals surface area contributed by atoms with Gasteiger partial charge in [0, 0.05) is 23.2 Å². The van der Waals surface area contributed by atoms with E-state index in [2.05, 4.69) is 15.3 Å². The van der Waals surface area contributed by atoms with Crippen molar-refractivity contribution >= 4 is 35.0 Å². The first-order chi connectivity index (χ1) is 14.7. The van der Waals surface area contributed by atoms with Gasteiger partial charge in [-0.1, -0.05) is 0 Å². The lowest BCUT2D eigenvalue weighted by atomic mass is 9.82. The second-order valence-corrected chi connectivity index (χ2v) is 8.22. The number of anilines is 2. The molecule has 2 aromatic rings. The van der Waals surface area contributed by atoms with Crippen molar-refractivity contribution in [3.63, 3.8) is 0 Å². The van der Waals surface area contributed by atoms with Crippen LogP contribution in [0.4, 0.5) is 20.3 Å². The van der Waals surface area contributed by atoms with Gasteiger partial charge in [0.2, 0.25) is 11.2 Å². The van der Waals surface area contributed by atoms with E-state index >= 15 is 0 Å². The first-order valence-corrected chi connectivity index (χ1v) is 10.1. The summed E-state index contributed by atoms with van der Waals surface area (Å²) in [5, 5.41) is 2.75. The van der Waals surface area contributed by atoms with E-state index in [1.165, 1.54) is 18.2 Å². The van der Waals surface area contributed by atoms with Crippen molar-refractivity contribution in [2.75, 3.05) is 11.1 Å². The first kappa shape index (κ1) is 21.2. The summed E-state index contributed by atoms with van der Waals surface area (Å²) in [6.45, 7) is 0. The summed E-state index contributed by atoms with van der Waals surface area (Å²) in [6.07, 6.45) is 1.11. The quantitative estimate of drug-likeness (QED) is 0.348. The maximum Gasteiger partial charge on any atom is 0.310 e. The minimum atomic E-state index is -0.735. The lowest BCUT2D eigenvalue weighted by Crippen LogP contribution is -2.47. The molecule has 0 aliphatic heterocycles. The average molecular weight is 452 g/mol. The van der Waals surface area contributed by atoms with Crippen LogP contribution in [0.2, 0.25) is 5.28 Å². The van der Waals surface area contributed by atoms with Gasteiger partial charge in [-0.25, -0.2) is 13.8 Å². The van der Waals surface area contributed by atoms with Crippen molar-refractivity contribution in [1.29, 1.82) is 0 Å². The Morgan fingerprint density at radius 3 is 2.77 bits per heavy atom. The van der Waals surface area contributed by atoms with Crippen LogP contribution < -0.4 is 16.8 Å². The van der Waals surface area contributed by atoms with Crippen LogP contribution in [0, 0.1) is 29.4 Å². The van der Waals surface area contributed by atoms with Gasteiger partial charge in [-0.2, -0.15) is 4.98 Å². The smallest absolute Gasteiger partial charge is 0.310 e. The highest BCUT2D eigenvalue weighted by Gasteiger charge is 2.56. The Balaban J connectivity index is 1.49. The number of ether oxygens (including phenoxy) is 1. The molecule has 8 nitrogen and oxygen atoms in total. The van der Waals surface area contributed by atoms with Crippen LogP contribution in [-0.2, 0) is 20.7 Å².